The number of rotatable bonds is 6. The van der Waals surface area contributed by atoms with Crippen molar-refractivity contribution in [2.45, 2.75) is 18.2 Å². The fourth-order valence-corrected chi connectivity index (χ4v) is 3.31. The molecular weight excluding hydrogens is 362 g/mol. The van der Waals surface area contributed by atoms with Crippen LogP contribution in [0.25, 0.3) is 11.5 Å². The maximum absolute atomic E-state index is 12.2. The van der Waals surface area contributed by atoms with Crippen LogP contribution in [0.5, 0.6) is 0 Å². The number of halogens is 1. The summed E-state index contributed by atoms with van der Waals surface area (Å²) in [5.41, 5.74) is 1.75. The minimum atomic E-state index is -3.55. The Hall–Kier alpha value is -2.22. The molecule has 25 heavy (non-hydrogen) atoms. The molecule has 2 aromatic carbocycles. The molecule has 1 aromatic heterocycles. The highest BCUT2D eigenvalue weighted by molar-refractivity contribution is 7.89. The molecule has 130 valence electrons. The van der Waals surface area contributed by atoms with Crippen molar-refractivity contribution in [1.29, 1.82) is 0 Å². The highest BCUT2D eigenvalue weighted by atomic mass is 35.5. The van der Waals surface area contributed by atoms with Crippen LogP contribution >= 0.6 is 11.6 Å². The predicted molar refractivity (Wildman–Crippen MR) is 94.8 cm³/mol. The van der Waals surface area contributed by atoms with Gasteiger partial charge in [0.2, 0.25) is 21.8 Å². The molecule has 0 atom stereocenters. The molecule has 0 aliphatic heterocycles. The van der Waals surface area contributed by atoms with Gasteiger partial charge in [0, 0.05) is 23.6 Å². The predicted octanol–water partition coefficient (Wildman–Crippen LogP) is 3.22. The first-order valence-electron chi connectivity index (χ1n) is 7.59. The molecule has 0 saturated heterocycles. The van der Waals surface area contributed by atoms with Gasteiger partial charge in [-0.15, -0.1) is 10.2 Å². The van der Waals surface area contributed by atoms with Crippen molar-refractivity contribution in [2.24, 2.45) is 0 Å². The van der Waals surface area contributed by atoms with Gasteiger partial charge in [-0.2, -0.15) is 0 Å². The molecule has 0 radical (unpaired) electrons. The molecule has 0 aliphatic carbocycles. The van der Waals surface area contributed by atoms with Crippen molar-refractivity contribution in [3.8, 4) is 11.5 Å². The molecule has 1 heterocycles. The second-order valence-electron chi connectivity index (χ2n) is 5.47. The van der Waals surface area contributed by atoms with Crippen molar-refractivity contribution >= 4 is 21.6 Å². The van der Waals surface area contributed by atoms with Gasteiger partial charge < -0.3 is 4.42 Å². The van der Waals surface area contributed by atoms with Crippen LogP contribution in [-0.2, 0) is 16.4 Å². The maximum atomic E-state index is 12.2. The van der Waals surface area contributed by atoms with E-state index < -0.39 is 10.0 Å². The van der Waals surface area contributed by atoms with E-state index in [-0.39, 0.29) is 11.4 Å². The van der Waals surface area contributed by atoms with E-state index in [1.807, 2.05) is 6.92 Å². The topological polar surface area (TPSA) is 85.1 Å². The molecular formula is C17H16ClN3O3S. The van der Waals surface area contributed by atoms with Gasteiger partial charge in [0.1, 0.15) is 0 Å². The highest BCUT2D eigenvalue weighted by Gasteiger charge is 2.14. The van der Waals surface area contributed by atoms with Crippen molar-refractivity contribution in [2.75, 3.05) is 6.54 Å². The van der Waals surface area contributed by atoms with E-state index in [1.54, 1.807) is 48.5 Å². The number of aromatic nitrogens is 2. The van der Waals surface area contributed by atoms with E-state index >= 15 is 0 Å². The quantitative estimate of drug-likeness (QED) is 0.712. The summed E-state index contributed by atoms with van der Waals surface area (Å²) in [5, 5.41) is 8.52. The molecule has 0 fully saturated rings. The molecule has 0 unspecified atom stereocenters. The molecule has 8 heteroatoms. The Kier molecular flexibility index (Phi) is 5.17. The summed E-state index contributed by atoms with van der Waals surface area (Å²) in [5.74, 6) is 0.726. The highest BCUT2D eigenvalue weighted by Crippen LogP contribution is 2.20. The third-order valence-electron chi connectivity index (χ3n) is 3.52. The Bertz CT molecular complexity index is 952. The molecule has 0 saturated carbocycles. The average molecular weight is 378 g/mol. The molecule has 3 rings (SSSR count). The van der Waals surface area contributed by atoms with E-state index in [0.29, 0.717) is 23.2 Å². The Morgan fingerprint density at radius 1 is 1.04 bits per heavy atom. The van der Waals surface area contributed by atoms with Gasteiger partial charge in [-0.05, 0) is 43.3 Å². The maximum Gasteiger partial charge on any atom is 0.247 e. The van der Waals surface area contributed by atoms with Gasteiger partial charge >= 0.3 is 0 Å². The summed E-state index contributed by atoms with van der Waals surface area (Å²) >= 11 is 5.84. The van der Waals surface area contributed by atoms with Gasteiger partial charge in [-0.1, -0.05) is 29.3 Å². The van der Waals surface area contributed by atoms with Crippen LogP contribution in [0.2, 0.25) is 5.02 Å². The molecule has 1 N–H and O–H groups in total. The third-order valence-corrected chi connectivity index (χ3v) is 5.25. The average Bonchev–Trinajstić information content (AvgIpc) is 3.04. The van der Waals surface area contributed by atoms with Gasteiger partial charge in [0.25, 0.3) is 0 Å². The molecule has 3 aromatic rings. The number of benzene rings is 2. The number of hydrogen-bond donors (Lipinski definition) is 1. The minimum absolute atomic E-state index is 0.165. The Morgan fingerprint density at radius 3 is 2.40 bits per heavy atom. The zero-order valence-corrected chi connectivity index (χ0v) is 15.0. The van der Waals surface area contributed by atoms with Gasteiger partial charge in [-0.3, -0.25) is 0 Å². The van der Waals surface area contributed by atoms with Crippen molar-refractivity contribution in [3.05, 3.63) is 65.0 Å². The lowest BCUT2D eigenvalue weighted by molar-refractivity contribution is 0.502. The molecule has 6 nitrogen and oxygen atoms in total. The number of hydrogen-bond acceptors (Lipinski definition) is 5. The van der Waals surface area contributed by atoms with Crippen LogP contribution in [0.4, 0.5) is 0 Å². The van der Waals surface area contributed by atoms with Crippen LogP contribution < -0.4 is 4.72 Å². The van der Waals surface area contributed by atoms with E-state index in [1.165, 1.54) is 0 Å². The van der Waals surface area contributed by atoms with Crippen molar-refractivity contribution in [3.63, 3.8) is 0 Å². The Balaban J connectivity index is 1.61. The summed E-state index contributed by atoms with van der Waals surface area (Å²) in [7, 11) is -3.55. The van der Waals surface area contributed by atoms with Crippen LogP contribution in [0.15, 0.2) is 57.8 Å². The number of nitrogens with one attached hydrogen (secondary N) is 1. The zero-order chi connectivity index (χ0) is 17.9. The molecule has 0 amide bonds. The SMILES string of the molecule is Cc1ccc(S(=O)(=O)NCCc2nnc(-c3ccc(Cl)cc3)o2)cc1. The fraction of sp³-hybridized carbons (Fsp3) is 0.176. The summed E-state index contributed by atoms with van der Waals surface area (Å²) in [4.78, 5) is 0.227. The Labute approximate surface area is 150 Å². The van der Waals surface area contributed by atoms with E-state index in [9.17, 15) is 8.42 Å². The third kappa shape index (κ3) is 4.45. The number of aryl methyl sites for hydroxylation is 1. The lowest BCUT2D eigenvalue weighted by Gasteiger charge is -2.05. The first kappa shape index (κ1) is 17.6. The fourth-order valence-electron chi connectivity index (χ4n) is 2.16. The summed E-state index contributed by atoms with van der Waals surface area (Å²) in [6, 6.07) is 13.7. The van der Waals surface area contributed by atoms with Gasteiger partial charge in [-0.25, -0.2) is 13.1 Å². The van der Waals surface area contributed by atoms with E-state index in [2.05, 4.69) is 14.9 Å². The Morgan fingerprint density at radius 2 is 1.72 bits per heavy atom. The first-order chi connectivity index (χ1) is 11.9. The van der Waals surface area contributed by atoms with Crippen LogP contribution in [0, 0.1) is 6.92 Å². The molecule has 0 spiro atoms. The van der Waals surface area contributed by atoms with Gasteiger partial charge in [0.15, 0.2) is 0 Å². The normalized spacial score (nSPS) is 11.6. The second-order valence-corrected chi connectivity index (χ2v) is 7.67. The lowest BCUT2D eigenvalue weighted by Crippen LogP contribution is -2.26. The lowest BCUT2D eigenvalue weighted by atomic mass is 10.2. The van der Waals surface area contributed by atoms with Crippen molar-refractivity contribution < 1.29 is 12.8 Å². The number of sulfonamides is 1. The number of nitrogens with zero attached hydrogens (tertiary/aromatic N) is 2. The van der Waals surface area contributed by atoms with E-state index in [0.717, 1.165) is 11.1 Å². The summed E-state index contributed by atoms with van der Waals surface area (Å²) < 4.78 is 32.5. The second kappa shape index (κ2) is 7.35. The van der Waals surface area contributed by atoms with Crippen LogP contribution in [-0.4, -0.2) is 25.2 Å². The molecule has 0 aliphatic rings. The minimum Gasteiger partial charge on any atom is -0.421 e. The smallest absolute Gasteiger partial charge is 0.247 e. The zero-order valence-electron chi connectivity index (χ0n) is 13.4. The molecule has 0 bridgehead atoms. The summed E-state index contributed by atoms with van der Waals surface area (Å²) in [6.45, 7) is 2.07. The van der Waals surface area contributed by atoms with Crippen LogP contribution in [0.1, 0.15) is 11.5 Å². The monoisotopic (exact) mass is 377 g/mol. The van der Waals surface area contributed by atoms with E-state index in [4.69, 9.17) is 16.0 Å². The van der Waals surface area contributed by atoms with Crippen molar-refractivity contribution in [1.82, 2.24) is 14.9 Å². The summed E-state index contributed by atoms with van der Waals surface area (Å²) in [6.07, 6.45) is 0.297. The first-order valence-corrected chi connectivity index (χ1v) is 9.45. The standard InChI is InChI=1S/C17H16ClN3O3S/c1-12-2-8-15(9-3-12)25(22,23)19-11-10-16-20-21-17(24-16)13-4-6-14(18)7-5-13/h2-9,19H,10-11H2,1H3. The van der Waals surface area contributed by atoms with Crippen LogP contribution in [0.3, 0.4) is 0 Å². The van der Waals surface area contributed by atoms with Gasteiger partial charge in [0.05, 0.1) is 4.90 Å². The largest absolute Gasteiger partial charge is 0.421 e.